The highest BCUT2D eigenvalue weighted by molar-refractivity contribution is 5.80. The molecule has 4 aliphatic rings. The molecule has 2 nitrogen and oxygen atoms in total. The largest absolute Gasteiger partial charge is 0.393 e. The topological polar surface area (TPSA) is 37.3 Å². The lowest BCUT2D eigenvalue weighted by atomic mass is 9.44. The van der Waals surface area contributed by atoms with Crippen molar-refractivity contribution in [2.75, 3.05) is 0 Å². The quantitative estimate of drug-likeness (QED) is 0.746. The second-order valence-electron chi connectivity index (χ2n) is 10.4. The number of ketones is 1. The van der Waals surface area contributed by atoms with E-state index in [1.807, 2.05) is 6.92 Å². The highest BCUT2D eigenvalue weighted by Crippen LogP contribution is 2.68. The molecule has 0 spiro atoms. The van der Waals surface area contributed by atoms with Crippen LogP contribution in [0.3, 0.4) is 0 Å². The summed E-state index contributed by atoms with van der Waals surface area (Å²) >= 11 is 0. The molecule has 4 rings (SSSR count). The van der Waals surface area contributed by atoms with Crippen LogP contribution in [-0.4, -0.2) is 17.0 Å². The van der Waals surface area contributed by atoms with E-state index in [-0.39, 0.29) is 11.5 Å². The lowest BCUT2D eigenvalue weighted by Gasteiger charge is -2.60. The SMILES string of the molecule is CC(=O)[C@H]1C(C)C[C@H]2[C@@H]3CCC4CC(O)CC[C@]4(C)[C@H]3CC[C@]12C. The summed E-state index contributed by atoms with van der Waals surface area (Å²) in [5, 5.41) is 10.1. The van der Waals surface area contributed by atoms with Crippen LogP contribution in [0.2, 0.25) is 0 Å². The van der Waals surface area contributed by atoms with Gasteiger partial charge in [0.2, 0.25) is 0 Å². The summed E-state index contributed by atoms with van der Waals surface area (Å²) in [4.78, 5) is 12.4. The van der Waals surface area contributed by atoms with Crippen LogP contribution in [0.15, 0.2) is 0 Å². The molecule has 4 fully saturated rings. The number of carbonyl (C=O) groups excluding carboxylic acids is 1. The van der Waals surface area contributed by atoms with Gasteiger partial charge in [0, 0.05) is 5.92 Å². The predicted molar refractivity (Wildman–Crippen MR) is 96.5 cm³/mol. The zero-order valence-corrected chi connectivity index (χ0v) is 16.1. The molecule has 0 aromatic heterocycles. The molecule has 4 saturated carbocycles. The van der Waals surface area contributed by atoms with Crippen molar-refractivity contribution in [3.05, 3.63) is 0 Å². The van der Waals surface area contributed by atoms with E-state index in [1.165, 1.54) is 38.5 Å². The van der Waals surface area contributed by atoms with Crippen LogP contribution in [0.25, 0.3) is 0 Å². The molecule has 0 aromatic carbocycles. The molecular formula is C22H36O2. The zero-order chi connectivity index (χ0) is 17.3. The second-order valence-corrected chi connectivity index (χ2v) is 10.4. The molecule has 0 heterocycles. The number of fused-ring (bicyclic) bond motifs is 5. The minimum absolute atomic E-state index is 0.0536. The summed E-state index contributed by atoms with van der Waals surface area (Å²) in [6, 6.07) is 0. The van der Waals surface area contributed by atoms with Gasteiger partial charge in [-0.3, -0.25) is 4.79 Å². The standard InChI is InChI=1S/C22H36O2/c1-13-11-19-17-6-5-15-12-16(24)7-9-21(15,3)18(17)8-10-22(19,4)20(13)14(2)23/h13,15-20,24H,5-12H2,1-4H3/t13?,15?,16?,17-,18+,19+,20-,21+,22+/m1/s1. The van der Waals surface area contributed by atoms with Gasteiger partial charge in [-0.25, -0.2) is 0 Å². The van der Waals surface area contributed by atoms with Gasteiger partial charge in [-0.15, -0.1) is 0 Å². The van der Waals surface area contributed by atoms with Crippen molar-refractivity contribution in [1.29, 1.82) is 0 Å². The fraction of sp³-hybridized carbons (Fsp3) is 0.955. The minimum atomic E-state index is -0.0536. The highest BCUT2D eigenvalue weighted by Gasteiger charge is 2.62. The number of Topliss-reactive ketones (excluding diaryl/α,β-unsaturated/α-hetero) is 1. The molecule has 0 amide bonds. The molecule has 4 aliphatic carbocycles. The van der Waals surface area contributed by atoms with Gasteiger partial charge in [-0.2, -0.15) is 0 Å². The number of rotatable bonds is 1. The van der Waals surface area contributed by atoms with Crippen LogP contribution < -0.4 is 0 Å². The Bertz CT molecular complexity index is 528. The first-order valence-corrected chi connectivity index (χ1v) is 10.5. The Kier molecular flexibility index (Phi) is 3.95. The van der Waals surface area contributed by atoms with E-state index in [0.29, 0.717) is 23.0 Å². The maximum Gasteiger partial charge on any atom is 0.133 e. The van der Waals surface area contributed by atoms with Crippen LogP contribution >= 0.6 is 0 Å². The Labute approximate surface area is 147 Å². The fourth-order valence-corrected chi connectivity index (χ4v) is 8.46. The summed E-state index contributed by atoms with van der Waals surface area (Å²) < 4.78 is 0. The van der Waals surface area contributed by atoms with E-state index in [1.54, 1.807) is 0 Å². The normalized spacial score (nSPS) is 57.0. The minimum Gasteiger partial charge on any atom is -0.393 e. The summed E-state index contributed by atoms with van der Waals surface area (Å²) in [5.41, 5.74) is 0.699. The van der Waals surface area contributed by atoms with Gasteiger partial charge < -0.3 is 5.11 Å². The van der Waals surface area contributed by atoms with Crippen LogP contribution in [0, 0.1) is 46.3 Å². The maximum atomic E-state index is 12.4. The Balaban J connectivity index is 1.64. The molecule has 0 aromatic rings. The third-order valence-corrected chi connectivity index (χ3v) is 9.42. The van der Waals surface area contributed by atoms with E-state index in [2.05, 4.69) is 20.8 Å². The molecule has 9 atom stereocenters. The van der Waals surface area contributed by atoms with Crippen LogP contribution in [0.5, 0.6) is 0 Å². The molecule has 0 radical (unpaired) electrons. The molecule has 3 unspecified atom stereocenters. The molecule has 24 heavy (non-hydrogen) atoms. The number of carbonyl (C=O) groups is 1. The molecule has 136 valence electrons. The molecule has 0 bridgehead atoms. The third kappa shape index (κ3) is 2.20. The Hall–Kier alpha value is -0.370. The van der Waals surface area contributed by atoms with Gasteiger partial charge in [0.25, 0.3) is 0 Å². The van der Waals surface area contributed by atoms with Gasteiger partial charge in [0.15, 0.2) is 0 Å². The first kappa shape index (κ1) is 17.1. The van der Waals surface area contributed by atoms with Crippen molar-refractivity contribution in [2.24, 2.45) is 46.3 Å². The van der Waals surface area contributed by atoms with Crippen molar-refractivity contribution < 1.29 is 9.90 Å². The molecule has 0 saturated heterocycles. The summed E-state index contributed by atoms with van der Waals surface area (Å²) in [5.74, 6) is 4.44. The first-order chi connectivity index (χ1) is 11.3. The third-order valence-electron chi connectivity index (χ3n) is 9.42. The maximum absolute atomic E-state index is 12.4. The predicted octanol–water partition coefficient (Wildman–Crippen LogP) is 4.84. The fourth-order valence-electron chi connectivity index (χ4n) is 8.46. The molecule has 2 heteroatoms. The number of hydrogen-bond acceptors (Lipinski definition) is 2. The second kappa shape index (κ2) is 5.56. The first-order valence-electron chi connectivity index (χ1n) is 10.5. The average Bonchev–Trinajstić information content (AvgIpc) is 2.78. The van der Waals surface area contributed by atoms with Crippen LogP contribution in [0.1, 0.15) is 79.1 Å². The van der Waals surface area contributed by atoms with E-state index >= 15 is 0 Å². The van der Waals surface area contributed by atoms with Gasteiger partial charge in [-0.1, -0.05) is 20.8 Å². The van der Waals surface area contributed by atoms with E-state index < -0.39 is 0 Å². The molecule has 1 N–H and O–H groups in total. The Morgan fingerprint density at radius 2 is 1.67 bits per heavy atom. The highest BCUT2D eigenvalue weighted by atomic mass is 16.3. The van der Waals surface area contributed by atoms with Crippen LogP contribution in [0.4, 0.5) is 0 Å². The molecular weight excluding hydrogens is 296 g/mol. The summed E-state index contributed by atoms with van der Waals surface area (Å²) in [6.07, 6.45) is 9.69. The smallest absolute Gasteiger partial charge is 0.133 e. The van der Waals surface area contributed by atoms with Gasteiger partial charge in [-0.05, 0) is 98.7 Å². The lowest BCUT2D eigenvalue weighted by Crippen LogP contribution is -2.54. The van der Waals surface area contributed by atoms with Crippen LogP contribution in [-0.2, 0) is 4.79 Å². The monoisotopic (exact) mass is 332 g/mol. The van der Waals surface area contributed by atoms with Crippen molar-refractivity contribution >= 4 is 5.78 Å². The van der Waals surface area contributed by atoms with Crippen molar-refractivity contribution in [1.82, 2.24) is 0 Å². The number of hydrogen-bond donors (Lipinski definition) is 1. The van der Waals surface area contributed by atoms with E-state index in [0.717, 1.165) is 36.5 Å². The van der Waals surface area contributed by atoms with Gasteiger partial charge >= 0.3 is 0 Å². The van der Waals surface area contributed by atoms with Crippen molar-refractivity contribution in [3.63, 3.8) is 0 Å². The average molecular weight is 333 g/mol. The number of aliphatic hydroxyl groups excluding tert-OH is 1. The zero-order valence-electron chi connectivity index (χ0n) is 16.1. The van der Waals surface area contributed by atoms with Gasteiger partial charge in [0.05, 0.1) is 6.10 Å². The van der Waals surface area contributed by atoms with E-state index in [9.17, 15) is 9.90 Å². The van der Waals surface area contributed by atoms with Gasteiger partial charge in [0.1, 0.15) is 5.78 Å². The summed E-state index contributed by atoms with van der Waals surface area (Å²) in [6.45, 7) is 9.16. The Morgan fingerprint density at radius 3 is 2.38 bits per heavy atom. The van der Waals surface area contributed by atoms with E-state index in [4.69, 9.17) is 0 Å². The lowest BCUT2D eigenvalue weighted by molar-refractivity contribution is -0.139. The summed E-state index contributed by atoms with van der Waals surface area (Å²) in [7, 11) is 0. The van der Waals surface area contributed by atoms with Crippen molar-refractivity contribution in [2.45, 2.75) is 85.2 Å². The Morgan fingerprint density at radius 1 is 0.958 bits per heavy atom. The molecule has 0 aliphatic heterocycles. The van der Waals surface area contributed by atoms with Crippen molar-refractivity contribution in [3.8, 4) is 0 Å². The number of aliphatic hydroxyl groups is 1.